The van der Waals surface area contributed by atoms with E-state index in [-0.39, 0.29) is 17.9 Å². The molecule has 0 spiro atoms. The van der Waals surface area contributed by atoms with Crippen molar-refractivity contribution in [2.75, 3.05) is 39.1 Å². The molecule has 2 fully saturated rings. The number of ether oxygens (including phenoxy) is 1. The topological polar surface area (TPSA) is 79.8 Å². The number of carbonyl (C=O) groups excluding carboxylic acids is 1. The summed E-state index contributed by atoms with van der Waals surface area (Å²) in [4.78, 5) is 20.6. The first-order chi connectivity index (χ1) is 11.9. The van der Waals surface area contributed by atoms with Crippen LogP contribution in [0.5, 0.6) is 0 Å². The fraction of sp³-hybridized carbons (Fsp3) is 0.750. The third-order valence-corrected chi connectivity index (χ3v) is 7.61. The second kappa shape index (κ2) is 6.61. The first kappa shape index (κ1) is 17.4. The molecule has 1 aliphatic carbocycles. The Balaban J connectivity index is 1.58. The minimum Gasteiger partial charge on any atom is -0.379 e. The van der Waals surface area contributed by atoms with Crippen molar-refractivity contribution in [1.82, 2.24) is 14.2 Å². The van der Waals surface area contributed by atoms with Gasteiger partial charge in [-0.05, 0) is 25.7 Å². The highest BCUT2D eigenvalue weighted by Gasteiger charge is 2.39. The number of sulfonamides is 1. The van der Waals surface area contributed by atoms with Crippen LogP contribution >= 0.6 is 11.3 Å². The second-order valence-electron chi connectivity index (χ2n) is 7.20. The summed E-state index contributed by atoms with van der Waals surface area (Å²) in [6, 6.07) is -0.318. The number of thiazole rings is 1. The molecule has 1 aromatic rings. The van der Waals surface area contributed by atoms with Gasteiger partial charge in [-0.15, -0.1) is 11.3 Å². The molecule has 0 radical (unpaired) electrons. The zero-order valence-corrected chi connectivity index (χ0v) is 15.9. The molecule has 2 aliphatic heterocycles. The average Bonchev–Trinajstić information content (AvgIpc) is 2.74. The third kappa shape index (κ3) is 3.47. The van der Waals surface area contributed by atoms with Crippen LogP contribution in [0.15, 0.2) is 0 Å². The molecule has 1 amide bonds. The van der Waals surface area contributed by atoms with Crippen LogP contribution in [-0.4, -0.2) is 73.7 Å². The van der Waals surface area contributed by atoms with Gasteiger partial charge in [0.05, 0.1) is 31.2 Å². The van der Waals surface area contributed by atoms with Crippen molar-refractivity contribution in [3.8, 4) is 0 Å². The fourth-order valence-corrected chi connectivity index (χ4v) is 6.22. The molecule has 3 heterocycles. The first-order valence-corrected chi connectivity index (χ1v) is 11.4. The van der Waals surface area contributed by atoms with Gasteiger partial charge >= 0.3 is 0 Å². The van der Waals surface area contributed by atoms with E-state index >= 15 is 0 Å². The molecule has 4 rings (SSSR count). The summed E-state index contributed by atoms with van der Waals surface area (Å²) in [5.41, 5.74) is 1.08. The summed E-state index contributed by atoms with van der Waals surface area (Å²) < 4.78 is 31.4. The lowest BCUT2D eigenvalue weighted by atomic mass is 10.0. The second-order valence-corrected chi connectivity index (χ2v) is 10.2. The smallest absolute Gasteiger partial charge is 0.282 e. The molecular formula is C16H23N3O4S2. The fourth-order valence-electron chi connectivity index (χ4n) is 3.96. The maximum absolute atomic E-state index is 13.0. The number of amides is 1. The normalized spacial score (nSPS) is 27.6. The number of nitrogens with zero attached hydrogens (tertiary/aromatic N) is 3. The maximum atomic E-state index is 13.0. The predicted molar refractivity (Wildman–Crippen MR) is 94.3 cm³/mol. The molecule has 0 saturated carbocycles. The molecule has 2 atom stereocenters. The van der Waals surface area contributed by atoms with Gasteiger partial charge in [-0.3, -0.25) is 4.79 Å². The van der Waals surface area contributed by atoms with Crippen LogP contribution in [0.25, 0.3) is 0 Å². The molecule has 1 aromatic heterocycles. The molecule has 25 heavy (non-hydrogen) atoms. The molecule has 7 nitrogen and oxygen atoms in total. The molecule has 9 heteroatoms. The zero-order chi connectivity index (χ0) is 17.6. The standard InChI is InChI=1S/C16H23N3O4S2/c1-25(21,22)19-7-11-6-18(8-12(19)10-23-9-11)16(20)15-17-13-4-2-3-5-14(13)24-15/h11-12H,2-10H2,1H3/t11-,12-/m0/s1. The summed E-state index contributed by atoms with van der Waals surface area (Å²) in [6.07, 6.45) is 5.51. The third-order valence-electron chi connectivity index (χ3n) is 5.16. The molecule has 138 valence electrons. The monoisotopic (exact) mass is 385 g/mol. The number of hydrogen-bond acceptors (Lipinski definition) is 6. The average molecular weight is 386 g/mol. The van der Waals surface area contributed by atoms with Gasteiger partial charge in [-0.1, -0.05) is 0 Å². The zero-order valence-electron chi connectivity index (χ0n) is 14.3. The number of fused-ring (bicyclic) bond motifs is 4. The molecular weight excluding hydrogens is 362 g/mol. The summed E-state index contributed by atoms with van der Waals surface area (Å²) in [6.45, 7) is 2.13. The Hall–Kier alpha value is -1.03. The van der Waals surface area contributed by atoms with Gasteiger partial charge < -0.3 is 9.64 Å². The maximum Gasteiger partial charge on any atom is 0.282 e. The quantitative estimate of drug-likeness (QED) is 0.751. The van der Waals surface area contributed by atoms with Gasteiger partial charge in [0.25, 0.3) is 5.91 Å². The Morgan fingerprint density at radius 3 is 2.76 bits per heavy atom. The number of aromatic nitrogens is 1. The van der Waals surface area contributed by atoms with E-state index in [2.05, 4.69) is 4.98 Å². The first-order valence-electron chi connectivity index (χ1n) is 8.74. The highest BCUT2D eigenvalue weighted by atomic mass is 32.2. The van der Waals surface area contributed by atoms with Crippen molar-refractivity contribution in [2.24, 2.45) is 5.92 Å². The molecule has 2 saturated heterocycles. The number of hydrogen-bond donors (Lipinski definition) is 0. The SMILES string of the molecule is CS(=O)(=O)N1C[C@H]2COC[C@@H]1CN(C(=O)c1nc3c(s1)CCCC3)C2. The minimum absolute atomic E-state index is 0.000705. The van der Waals surface area contributed by atoms with Gasteiger partial charge in [-0.25, -0.2) is 13.4 Å². The van der Waals surface area contributed by atoms with Crippen LogP contribution < -0.4 is 0 Å². The van der Waals surface area contributed by atoms with E-state index in [0.717, 1.165) is 31.4 Å². The van der Waals surface area contributed by atoms with E-state index in [1.165, 1.54) is 26.8 Å². The van der Waals surface area contributed by atoms with Crippen molar-refractivity contribution >= 4 is 27.3 Å². The Kier molecular flexibility index (Phi) is 4.59. The van der Waals surface area contributed by atoms with Gasteiger partial charge in [0.2, 0.25) is 10.0 Å². The number of rotatable bonds is 2. The summed E-state index contributed by atoms with van der Waals surface area (Å²) >= 11 is 1.51. The lowest BCUT2D eigenvalue weighted by Crippen LogP contribution is -2.47. The lowest BCUT2D eigenvalue weighted by molar-refractivity contribution is 0.0460. The van der Waals surface area contributed by atoms with Crippen LogP contribution in [0, 0.1) is 5.92 Å². The van der Waals surface area contributed by atoms with Crippen LogP contribution in [0.2, 0.25) is 0 Å². The molecule has 2 bridgehead atoms. The Morgan fingerprint density at radius 2 is 2.00 bits per heavy atom. The molecule has 0 aromatic carbocycles. The molecule has 0 unspecified atom stereocenters. The number of carbonyl (C=O) groups is 1. The van der Waals surface area contributed by atoms with Gasteiger partial charge in [0.15, 0.2) is 5.01 Å². The Bertz CT molecular complexity index is 753. The van der Waals surface area contributed by atoms with E-state index < -0.39 is 10.0 Å². The van der Waals surface area contributed by atoms with Gasteiger partial charge in [0, 0.05) is 30.4 Å². The molecule has 3 aliphatic rings. The predicted octanol–water partition coefficient (Wildman–Crippen LogP) is 0.754. The molecule has 0 N–H and O–H groups in total. The highest BCUT2D eigenvalue weighted by molar-refractivity contribution is 7.88. The van der Waals surface area contributed by atoms with E-state index in [4.69, 9.17) is 4.74 Å². The van der Waals surface area contributed by atoms with Gasteiger partial charge in [-0.2, -0.15) is 4.31 Å². The number of aryl methyl sites for hydroxylation is 2. The summed E-state index contributed by atoms with van der Waals surface area (Å²) in [5.74, 6) is -0.0626. The van der Waals surface area contributed by atoms with Crippen molar-refractivity contribution in [1.29, 1.82) is 0 Å². The van der Waals surface area contributed by atoms with Crippen molar-refractivity contribution in [3.05, 3.63) is 15.6 Å². The largest absolute Gasteiger partial charge is 0.379 e. The van der Waals surface area contributed by atoms with E-state index in [1.54, 1.807) is 4.90 Å². The highest BCUT2D eigenvalue weighted by Crippen LogP contribution is 2.29. The van der Waals surface area contributed by atoms with Crippen LogP contribution in [-0.2, 0) is 27.6 Å². The van der Waals surface area contributed by atoms with E-state index in [0.29, 0.717) is 37.9 Å². The van der Waals surface area contributed by atoms with Crippen molar-refractivity contribution in [2.45, 2.75) is 31.7 Å². The van der Waals surface area contributed by atoms with E-state index in [9.17, 15) is 13.2 Å². The van der Waals surface area contributed by atoms with E-state index in [1.807, 2.05) is 0 Å². The summed E-state index contributed by atoms with van der Waals surface area (Å²) in [5, 5.41) is 0.554. The Morgan fingerprint density at radius 1 is 1.20 bits per heavy atom. The van der Waals surface area contributed by atoms with Crippen LogP contribution in [0.3, 0.4) is 0 Å². The summed E-state index contributed by atoms with van der Waals surface area (Å²) in [7, 11) is -3.32. The minimum atomic E-state index is -3.32. The van der Waals surface area contributed by atoms with Gasteiger partial charge in [0.1, 0.15) is 0 Å². The Labute approximate surface area is 152 Å². The van der Waals surface area contributed by atoms with Crippen LogP contribution in [0.1, 0.15) is 33.2 Å². The van der Waals surface area contributed by atoms with Crippen molar-refractivity contribution < 1.29 is 17.9 Å². The van der Waals surface area contributed by atoms with Crippen LogP contribution in [0.4, 0.5) is 0 Å². The lowest BCUT2D eigenvalue weighted by Gasteiger charge is -2.29. The van der Waals surface area contributed by atoms with Crippen molar-refractivity contribution in [3.63, 3.8) is 0 Å².